The maximum atomic E-state index is 12.1. The topological polar surface area (TPSA) is 60.1 Å². The summed E-state index contributed by atoms with van der Waals surface area (Å²) in [5, 5.41) is 7.37. The average Bonchev–Trinajstić information content (AvgIpc) is 2.98. The van der Waals surface area contributed by atoms with Crippen molar-refractivity contribution in [2.24, 2.45) is 0 Å². The van der Waals surface area contributed by atoms with Crippen LogP contribution in [0.25, 0.3) is 0 Å². The predicted molar refractivity (Wildman–Crippen MR) is 57.5 cm³/mol. The number of nitrogens with zero attached hydrogens (tertiary/aromatic N) is 2. The van der Waals surface area contributed by atoms with Gasteiger partial charge in [0.15, 0.2) is 5.76 Å². The van der Waals surface area contributed by atoms with Gasteiger partial charge in [0.2, 0.25) is 5.78 Å². The molecule has 2 aromatic rings. The van der Waals surface area contributed by atoms with Crippen molar-refractivity contribution in [3.05, 3.63) is 35.9 Å². The molecule has 0 atom stereocenters. The molecular weight excluding hydrogens is 206 g/mol. The normalized spacial score (nSPS) is 14.2. The summed E-state index contributed by atoms with van der Waals surface area (Å²) in [5.74, 6) is 1.02. The number of hydrogen-bond acceptors (Lipinski definition) is 4. The minimum Gasteiger partial charge on any atom is -0.461 e. The number of carbonyl (C=O) groups is 1. The van der Waals surface area contributed by atoms with Crippen LogP contribution in [-0.2, 0) is 6.54 Å². The number of aryl methyl sites for hydroxylation is 1. The lowest BCUT2D eigenvalue weighted by molar-refractivity contribution is 0.101. The summed E-state index contributed by atoms with van der Waals surface area (Å²) in [5.41, 5.74) is 0.578. The first-order valence-electron chi connectivity index (χ1n) is 5.24. The number of hydrogen-bond donors (Lipinski definition) is 1. The van der Waals surface area contributed by atoms with Crippen LogP contribution in [-0.4, -0.2) is 22.1 Å². The molecule has 5 nitrogen and oxygen atoms in total. The van der Waals surface area contributed by atoms with Gasteiger partial charge >= 0.3 is 0 Å². The van der Waals surface area contributed by atoms with E-state index in [4.69, 9.17) is 4.42 Å². The highest BCUT2D eigenvalue weighted by Gasteiger charge is 2.22. The second-order valence-corrected chi connectivity index (χ2v) is 3.72. The van der Waals surface area contributed by atoms with Gasteiger partial charge in [-0.25, -0.2) is 4.68 Å². The Hall–Kier alpha value is -2.04. The summed E-state index contributed by atoms with van der Waals surface area (Å²) in [6.45, 7) is 1.73. The molecule has 0 saturated carbocycles. The molecule has 1 N–H and O–H groups in total. The number of anilines is 1. The van der Waals surface area contributed by atoms with Gasteiger partial charge < -0.3 is 9.73 Å². The van der Waals surface area contributed by atoms with Crippen LogP contribution in [0, 0.1) is 0 Å². The lowest BCUT2D eigenvalue weighted by Gasteiger charge is -2.16. The summed E-state index contributed by atoms with van der Waals surface area (Å²) in [7, 11) is 0. The van der Waals surface area contributed by atoms with E-state index in [0.29, 0.717) is 11.3 Å². The number of aromatic nitrogens is 2. The number of ketones is 1. The fourth-order valence-electron chi connectivity index (χ4n) is 1.88. The highest BCUT2D eigenvalue weighted by atomic mass is 16.3. The van der Waals surface area contributed by atoms with Crippen molar-refractivity contribution < 1.29 is 9.21 Å². The Balaban J connectivity index is 2.01. The number of carbonyl (C=O) groups excluding carboxylic acids is 1. The number of furan rings is 1. The van der Waals surface area contributed by atoms with Crippen LogP contribution in [0.1, 0.15) is 22.5 Å². The molecule has 82 valence electrons. The molecule has 0 amide bonds. The molecule has 0 bridgehead atoms. The molecule has 1 aliphatic rings. The van der Waals surface area contributed by atoms with Crippen molar-refractivity contribution in [2.45, 2.75) is 13.0 Å². The third kappa shape index (κ3) is 1.32. The Bertz CT molecular complexity index is 513. The van der Waals surface area contributed by atoms with Crippen LogP contribution in [0.5, 0.6) is 0 Å². The van der Waals surface area contributed by atoms with E-state index < -0.39 is 0 Å². The summed E-state index contributed by atoms with van der Waals surface area (Å²) in [6, 6.07) is 3.37. The van der Waals surface area contributed by atoms with E-state index in [0.717, 1.165) is 25.3 Å². The minimum absolute atomic E-state index is 0.124. The predicted octanol–water partition coefficient (Wildman–Crippen LogP) is 1.52. The molecule has 0 aromatic carbocycles. The Morgan fingerprint density at radius 3 is 3.31 bits per heavy atom. The first-order valence-corrected chi connectivity index (χ1v) is 5.24. The first kappa shape index (κ1) is 9.21. The number of rotatable bonds is 2. The monoisotopic (exact) mass is 217 g/mol. The third-order valence-corrected chi connectivity index (χ3v) is 2.67. The van der Waals surface area contributed by atoms with Crippen molar-refractivity contribution in [3.63, 3.8) is 0 Å². The molecule has 3 rings (SSSR count). The molecule has 3 heterocycles. The number of nitrogens with one attached hydrogen (secondary N) is 1. The van der Waals surface area contributed by atoms with Gasteiger partial charge in [-0.3, -0.25) is 4.79 Å². The third-order valence-electron chi connectivity index (χ3n) is 2.67. The Kier molecular flexibility index (Phi) is 2.02. The van der Waals surface area contributed by atoms with Crippen LogP contribution < -0.4 is 5.32 Å². The van der Waals surface area contributed by atoms with Crippen molar-refractivity contribution in [2.75, 3.05) is 11.9 Å². The van der Waals surface area contributed by atoms with Gasteiger partial charge in [0.05, 0.1) is 18.0 Å². The van der Waals surface area contributed by atoms with E-state index in [9.17, 15) is 4.79 Å². The number of fused-ring (bicyclic) bond motifs is 1. The van der Waals surface area contributed by atoms with E-state index in [1.54, 1.807) is 18.3 Å². The van der Waals surface area contributed by atoms with Gasteiger partial charge in [-0.15, -0.1) is 0 Å². The Morgan fingerprint density at radius 1 is 1.56 bits per heavy atom. The molecule has 0 fully saturated rings. The zero-order valence-electron chi connectivity index (χ0n) is 8.64. The lowest BCUT2D eigenvalue weighted by Crippen LogP contribution is -2.19. The minimum atomic E-state index is -0.124. The SMILES string of the molecule is O=C(c1ccco1)c1cnn2c1NCCC2. The maximum absolute atomic E-state index is 12.1. The molecule has 1 aliphatic heterocycles. The van der Waals surface area contributed by atoms with Crippen LogP contribution in [0.2, 0.25) is 0 Å². The first-order chi connectivity index (χ1) is 7.86. The summed E-state index contributed by atoms with van der Waals surface area (Å²) in [4.78, 5) is 12.1. The molecule has 0 spiro atoms. The highest BCUT2D eigenvalue weighted by Crippen LogP contribution is 2.22. The van der Waals surface area contributed by atoms with Gasteiger partial charge in [0.25, 0.3) is 0 Å². The van der Waals surface area contributed by atoms with Gasteiger partial charge in [-0.2, -0.15) is 5.10 Å². The fourth-order valence-corrected chi connectivity index (χ4v) is 1.88. The fraction of sp³-hybridized carbons (Fsp3) is 0.273. The van der Waals surface area contributed by atoms with Gasteiger partial charge in [0, 0.05) is 13.1 Å². The highest BCUT2D eigenvalue weighted by molar-refractivity contribution is 6.10. The zero-order chi connectivity index (χ0) is 11.0. The summed E-state index contributed by atoms with van der Waals surface area (Å²) in [6.07, 6.45) is 4.12. The molecular formula is C11H11N3O2. The van der Waals surface area contributed by atoms with E-state index >= 15 is 0 Å². The molecule has 0 unspecified atom stereocenters. The van der Waals surface area contributed by atoms with Gasteiger partial charge in [0.1, 0.15) is 5.82 Å². The molecule has 2 aromatic heterocycles. The lowest BCUT2D eigenvalue weighted by atomic mass is 10.1. The largest absolute Gasteiger partial charge is 0.461 e. The van der Waals surface area contributed by atoms with Crippen LogP contribution in [0.3, 0.4) is 0 Å². The van der Waals surface area contributed by atoms with Crippen LogP contribution in [0.4, 0.5) is 5.82 Å². The Labute approximate surface area is 92.1 Å². The molecule has 0 radical (unpaired) electrons. The standard InChI is InChI=1S/C11H11N3O2/c15-10(9-3-1-6-16-9)8-7-13-14-5-2-4-12-11(8)14/h1,3,6-7,12H,2,4-5H2. The molecule has 0 aliphatic carbocycles. The second kappa shape index (κ2) is 3.52. The average molecular weight is 217 g/mol. The van der Waals surface area contributed by atoms with Crippen molar-refractivity contribution in [1.82, 2.24) is 9.78 Å². The van der Waals surface area contributed by atoms with Crippen molar-refractivity contribution >= 4 is 11.6 Å². The summed E-state index contributed by atoms with van der Waals surface area (Å²) >= 11 is 0. The van der Waals surface area contributed by atoms with Gasteiger partial charge in [-0.05, 0) is 18.6 Å². The van der Waals surface area contributed by atoms with Crippen molar-refractivity contribution in [1.29, 1.82) is 0 Å². The Morgan fingerprint density at radius 2 is 2.50 bits per heavy atom. The zero-order valence-corrected chi connectivity index (χ0v) is 8.64. The van der Waals surface area contributed by atoms with E-state index in [-0.39, 0.29) is 5.78 Å². The van der Waals surface area contributed by atoms with Crippen molar-refractivity contribution in [3.8, 4) is 0 Å². The summed E-state index contributed by atoms with van der Waals surface area (Å²) < 4.78 is 6.91. The van der Waals surface area contributed by atoms with Crippen LogP contribution >= 0.6 is 0 Å². The molecule has 0 saturated heterocycles. The van der Waals surface area contributed by atoms with Crippen LogP contribution in [0.15, 0.2) is 29.0 Å². The smallest absolute Gasteiger partial charge is 0.233 e. The second-order valence-electron chi connectivity index (χ2n) is 3.72. The molecule has 5 heteroatoms. The van der Waals surface area contributed by atoms with E-state index in [1.165, 1.54) is 6.26 Å². The van der Waals surface area contributed by atoms with E-state index in [2.05, 4.69) is 10.4 Å². The van der Waals surface area contributed by atoms with E-state index in [1.807, 2.05) is 4.68 Å². The van der Waals surface area contributed by atoms with Gasteiger partial charge in [-0.1, -0.05) is 0 Å². The quantitative estimate of drug-likeness (QED) is 0.775. The molecule has 16 heavy (non-hydrogen) atoms. The maximum Gasteiger partial charge on any atom is 0.233 e.